The average molecular weight is 254 g/mol. The van der Waals surface area contributed by atoms with E-state index in [1.165, 1.54) is 0 Å². The standard InChI is InChI=1S/C12H18N2O2S/c1-2-8-17-9-7-16-11-6-4-3-5-10(11)12(15)14-13/h3-6H,2,7-9,13H2,1H3,(H,14,15). The van der Waals surface area contributed by atoms with E-state index in [0.717, 1.165) is 17.9 Å². The van der Waals surface area contributed by atoms with Crippen LogP contribution in [0.2, 0.25) is 0 Å². The van der Waals surface area contributed by atoms with Gasteiger partial charge in [0, 0.05) is 5.75 Å². The predicted octanol–water partition coefficient (Wildman–Crippen LogP) is 1.81. The quantitative estimate of drug-likeness (QED) is 0.337. The molecule has 0 heterocycles. The molecule has 0 aliphatic heterocycles. The van der Waals surface area contributed by atoms with Crippen molar-refractivity contribution in [2.75, 3.05) is 18.1 Å². The molecule has 0 atom stereocenters. The summed E-state index contributed by atoms with van der Waals surface area (Å²) in [7, 11) is 0. The van der Waals surface area contributed by atoms with Crippen LogP contribution in [0.25, 0.3) is 0 Å². The van der Waals surface area contributed by atoms with Gasteiger partial charge in [-0.05, 0) is 24.3 Å². The van der Waals surface area contributed by atoms with Crippen molar-refractivity contribution >= 4 is 17.7 Å². The van der Waals surface area contributed by atoms with Crippen molar-refractivity contribution in [3.05, 3.63) is 29.8 Å². The Balaban J connectivity index is 2.49. The number of hydrogen-bond donors (Lipinski definition) is 2. The molecule has 1 rings (SSSR count). The Bertz CT molecular complexity index is 358. The van der Waals surface area contributed by atoms with Crippen LogP contribution in [0.3, 0.4) is 0 Å². The summed E-state index contributed by atoms with van der Waals surface area (Å²) in [5, 5.41) is 0. The molecule has 0 aliphatic rings. The van der Waals surface area contributed by atoms with E-state index in [0.29, 0.717) is 17.9 Å². The summed E-state index contributed by atoms with van der Waals surface area (Å²) in [6, 6.07) is 7.08. The number of hydrazine groups is 1. The maximum absolute atomic E-state index is 11.4. The third-order valence-electron chi connectivity index (χ3n) is 2.10. The Morgan fingerprint density at radius 2 is 2.18 bits per heavy atom. The lowest BCUT2D eigenvalue weighted by atomic mass is 10.2. The zero-order chi connectivity index (χ0) is 12.5. The maximum atomic E-state index is 11.4. The molecule has 0 saturated carbocycles. The second-order valence-electron chi connectivity index (χ2n) is 3.43. The molecule has 0 saturated heterocycles. The number of rotatable bonds is 7. The van der Waals surface area contributed by atoms with Crippen molar-refractivity contribution in [3.8, 4) is 5.75 Å². The lowest BCUT2D eigenvalue weighted by molar-refractivity contribution is 0.0950. The molecule has 0 aliphatic carbocycles. The first-order chi connectivity index (χ1) is 8.29. The van der Waals surface area contributed by atoms with Crippen LogP contribution in [0.5, 0.6) is 5.75 Å². The summed E-state index contributed by atoms with van der Waals surface area (Å²) < 4.78 is 5.57. The summed E-state index contributed by atoms with van der Waals surface area (Å²) >= 11 is 1.84. The molecule has 0 bridgehead atoms. The van der Waals surface area contributed by atoms with E-state index in [2.05, 4.69) is 12.3 Å². The van der Waals surface area contributed by atoms with Crippen LogP contribution in [0.1, 0.15) is 23.7 Å². The molecule has 1 aromatic rings. The minimum absolute atomic E-state index is 0.332. The SMILES string of the molecule is CCCSCCOc1ccccc1C(=O)NN. The number of nitrogens with one attached hydrogen (secondary N) is 1. The van der Waals surface area contributed by atoms with Gasteiger partial charge < -0.3 is 4.74 Å². The number of nitrogens with two attached hydrogens (primary N) is 1. The van der Waals surface area contributed by atoms with E-state index < -0.39 is 0 Å². The van der Waals surface area contributed by atoms with E-state index in [1.54, 1.807) is 18.2 Å². The summed E-state index contributed by atoms with van der Waals surface area (Å²) in [5.41, 5.74) is 2.58. The molecule has 3 N–H and O–H groups in total. The first kappa shape index (κ1) is 13.9. The number of amides is 1. The van der Waals surface area contributed by atoms with Gasteiger partial charge in [-0.2, -0.15) is 11.8 Å². The molecule has 0 aromatic heterocycles. The largest absolute Gasteiger partial charge is 0.492 e. The Morgan fingerprint density at radius 3 is 2.88 bits per heavy atom. The monoisotopic (exact) mass is 254 g/mol. The van der Waals surface area contributed by atoms with Gasteiger partial charge in [-0.25, -0.2) is 5.84 Å². The van der Waals surface area contributed by atoms with E-state index in [4.69, 9.17) is 10.6 Å². The zero-order valence-corrected chi connectivity index (χ0v) is 10.8. The lowest BCUT2D eigenvalue weighted by Crippen LogP contribution is -2.30. The van der Waals surface area contributed by atoms with Gasteiger partial charge in [-0.15, -0.1) is 0 Å². The van der Waals surface area contributed by atoms with E-state index in [-0.39, 0.29) is 5.91 Å². The highest BCUT2D eigenvalue weighted by Gasteiger charge is 2.09. The third-order valence-corrected chi connectivity index (χ3v) is 3.25. The molecule has 4 nitrogen and oxygen atoms in total. The lowest BCUT2D eigenvalue weighted by Gasteiger charge is -2.09. The highest BCUT2D eigenvalue weighted by Crippen LogP contribution is 2.17. The molecule has 0 radical (unpaired) electrons. The molecule has 0 spiro atoms. The molecule has 5 heteroatoms. The van der Waals surface area contributed by atoms with Crippen molar-refractivity contribution in [2.45, 2.75) is 13.3 Å². The average Bonchev–Trinajstić information content (AvgIpc) is 2.38. The summed E-state index contributed by atoms with van der Waals surface area (Å²) in [6.07, 6.45) is 1.16. The van der Waals surface area contributed by atoms with Crippen LogP contribution in [0.4, 0.5) is 0 Å². The fourth-order valence-corrected chi connectivity index (χ4v) is 2.01. The normalized spacial score (nSPS) is 10.0. The number of carbonyl (C=O) groups is 1. The van der Waals surface area contributed by atoms with E-state index >= 15 is 0 Å². The minimum atomic E-state index is -0.332. The molecule has 94 valence electrons. The number of thioether (sulfide) groups is 1. The van der Waals surface area contributed by atoms with Crippen LogP contribution in [-0.4, -0.2) is 24.0 Å². The van der Waals surface area contributed by atoms with Gasteiger partial charge >= 0.3 is 0 Å². The van der Waals surface area contributed by atoms with Crippen molar-refractivity contribution < 1.29 is 9.53 Å². The molecular weight excluding hydrogens is 236 g/mol. The Hall–Kier alpha value is -1.20. The zero-order valence-electron chi connectivity index (χ0n) is 9.94. The number of ether oxygens (including phenoxy) is 1. The number of para-hydroxylation sites is 1. The first-order valence-corrected chi connectivity index (χ1v) is 6.75. The fraction of sp³-hybridized carbons (Fsp3) is 0.417. The van der Waals surface area contributed by atoms with Gasteiger partial charge in [0.25, 0.3) is 5.91 Å². The second kappa shape index (κ2) is 7.97. The summed E-state index contributed by atoms with van der Waals surface area (Å²) in [6.45, 7) is 2.74. The number of hydrogen-bond acceptors (Lipinski definition) is 4. The minimum Gasteiger partial charge on any atom is -0.492 e. The van der Waals surface area contributed by atoms with E-state index in [1.807, 2.05) is 17.8 Å². The molecule has 1 amide bonds. The molecule has 0 fully saturated rings. The van der Waals surface area contributed by atoms with Crippen LogP contribution in [-0.2, 0) is 0 Å². The van der Waals surface area contributed by atoms with Crippen molar-refractivity contribution in [3.63, 3.8) is 0 Å². The smallest absolute Gasteiger partial charge is 0.268 e. The topological polar surface area (TPSA) is 64.3 Å². The number of carbonyl (C=O) groups excluding carboxylic acids is 1. The maximum Gasteiger partial charge on any atom is 0.268 e. The molecule has 1 aromatic carbocycles. The Kier molecular flexibility index (Phi) is 6.50. The van der Waals surface area contributed by atoms with Crippen molar-refractivity contribution in [2.24, 2.45) is 5.84 Å². The van der Waals surface area contributed by atoms with Crippen LogP contribution in [0, 0.1) is 0 Å². The van der Waals surface area contributed by atoms with Gasteiger partial charge in [-0.1, -0.05) is 19.1 Å². The molecular formula is C12H18N2O2S. The van der Waals surface area contributed by atoms with Gasteiger partial charge in [0.15, 0.2) is 0 Å². The predicted molar refractivity (Wildman–Crippen MR) is 71.2 cm³/mol. The van der Waals surface area contributed by atoms with Gasteiger partial charge in [0.1, 0.15) is 5.75 Å². The first-order valence-electron chi connectivity index (χ1n) is 5.60. The van der Waals surface area contributed by atoms with Gasteiger partial charge in [-0.3, -0.25) is 10.2 Å². The van der Waals surface area contributed by atoms with Crippen molar-refractivity contribution in [1.82, 2.24) is 5.43 Å². The second-order valence-corrected chi connectivity index (χ2v) is 4.66. The van der Waals surface area contributed by atoms with Crippen LogP contribution in [0.15, 0.2) is 24.3 Å². The molecule has 17 heavy (non-hydrogen) atoms. The third kappa shape index (κ3) is 4.66. The fourth-order valence-electron chi connectivity index (χ4n) is 1.31. The van der Waals surface area contributed by atoms with E-state index in [9.17, 15) is 4.79 Å². The van der Waals surface area contributed by atoms with Gasteiger partial charge in [0.05, 0.1) is 12.2 Å². The Morgan fingerprint density at radius 1 is 1.41 bits per heavy atom. The molecule has 0 unspecified atom stereocenters. The number of benzene rings is 1. The van der Waals surface area contributed by atoms with Crippen molar-refractivity contribution in [1.29, 1.82) is 0 Å². The highest BCUT2D eigenvalue weighted by molar-refractivity contribution is 7.99. The summed E-state index contributed by atoms with van der Waals surface area (Å²) in [5.74, 6) is 7.41. The Labute approximate surface area is 106 Å². The summed E-state index contributed by atoms with van der Waals surface area (Å²) in [4.78, 5) is 11.4. The number of nitrogen functional groups attached to an aromatic ring is 1. The van der Waals surface area contributed by atoms with Gasteiger partial charge in [0.2, 0.25) is 0 Å². The van der Waals surface area contributed by atoms with Crippen LogP contribution < -0.4 is 16.0 Å². The highest BCUT2D eigenvalue weighted by atomic mass is 32.2. The van der Waals surface area contributed by atoms with Crippen LogP contribution >= 0.6 is 11.8 Å².